The van der Waals surface area contributed by atoms with Crippen LogP contribution in [0.4, 0.5) is 5.69 Å². The first-order chi connectivity index (χ1) is 9.07. The molecular weight excluding hydrogens is 262 g/mol. The smallest absolute Gasteiger partial charge is 0.262 e. The summed E-state index contributed by atoms with van der Waals surface area (Å²) in [4.78, 5) is 4.09. The van der Waals surface area contributed by atoms with Crippen LogP contribution in [0.3, 0.4) is 0 Å². The van der Waals surface area contributed by atoms with Crippen molar-refractivity contribution in [1.29, 1.82) is 0 Å². The van der Waals surface area contributed by atoms with Crippen molar-refractivity contribution in [2.45, 2.75) is 44.2 Å². The number of rotatable bonds is 4. The molecule has 1 unspecified atom stereocenters. The fraction of sp³-hybridized carbons (Fsp3) is 0.615. The predicted octanol–water partition coefficient (Wildman–Crippen LogP) is 2.08. The topological polar surface area (TPSA) is 62.3 Å². The molecule has 1 N–H and O–H groups in total. The lowest BCUT2D eigenvalue weighted by Crippen LogP contribution is -2.42. The Bertz CT molecular complexity index is 530. The molecule has 1 atom stereocenters. The highest BCUT2D eigenvalue weighted by atomic mass is 32.2. The Labute approximate surface area is 115 Å². The van der Waals surface area contributed by atoms with Crippen molar-refractivity contribution in [1.82, 2.24) is 9.29 Å². The molecule has 2 rings (SSSR count). The number of pyridine rings is 1. The third-order valence-electron chi connectivity index (χ3n) is 3.43. The van der Waals surface area contributed by atoms with Crippen LogP contribution in [0.15, 0.2) is 23.4 Å². The standard InChI is InChI=1S/C13H21N3O2S/c1-3-14-12-8-6-9-15-13(12)19(17,18)16-10-5-4-7-11(16)2/h6,8-9,11,14H,3-5,7,10H2,1-2H3. The van der Waals surface area contributed by atoms with Gasteiger partial charge in [0.2, 0.25) is 0 Å². The molecule has 0 aliphatic carbocycles. The van der Waals surface area contributed by atoms with Gasteiger partial charge in [-0.05, 0) is 38.8 Å². The number of nitrogens with one attached hydrogen (secondary N) is 1. The van der Waals surface area contributed by atoms with E-state index >= 15 is 0 Å². The highest BCUT2D eigenvalue weighted by Gasteiger charge is 2.33. The first kappa shape index (κ1) is 14.3. The molecule has 0 radical (unpaired) electrons. The van der Waals surface area contributed by atoms with Gasteiger partial charge < -0.3 is 5.32 Å². The molecule has 5 nitrogen and oxygen atoms in total. The first-order valence-electron chi connectivity index (χ1n) is 6.78. The predicted molar refractivity (Wildman–Crippen MR) is 75.6 cm³/mol. The zero-order chi connectivity index (χ0) is 13.9. The quantitative estimate of drug-likeness (QED) is 0.919. The number of piperidine rings is 1. The van der Waals surface area contributed by atoms with Crippen molar-refractivity contribution in [3.8, 4) is 0 Å². The van der Waals surface area contributed by atoms with Crippen LogP contribution in [0.1, 0.15) is 33.1 Å². The summed E-state index contributed by atoms with van der Waals surface area (Å²) >= 11 is 0. The van der Waals surface area contributed by atoms with E-state index < -0.39 is 10.0 Å². The van der Waals surface area contributed by atoms with Crippen LogP contribution >= 0.6 is 0 Å². The van der Waals surface area contributed by atoms with Gasteiger partial charge in [0.1, 0.15) is 0 Å². The molecule has 0 spiro atoms. The molecule has 1 aromatic heterocycles. The molecule has 6 heteroatoms. The van der Waals surface area contributed by atoms with Gasteiger partial charge >= 0.3 is 0 Å². The van der Waals surface area contributed by atoms with Gasteiger partial charge in [-0.1, -0.05) is 6.42 Å². The fourth-order valence-corrected chi connectivity index (χ4v) is 4.24. The van der Waals surface area contributed by atoms with Gasteiger partial charge in [-0.3, -0.25) is 0 Å². The normalized spacial score (nSPS) is 21.3. The van der Waals surface area contributed by atoms with E-state index in [1.165, 1.54) is 6.20 Å². The van der Waals surface area contributed by atoms with Crippen molar-refractivity contribution in [3.05, 3.63) is 18.3 Å². The van der Waals surface area contributed by atoms with E-state index in [4.69, 9.17) is 0 Å². The highest BCUT2D eigenvalue weighted by Crippen LogP contribution is 2.27. The molecule has 0 saturated carbocycles. The van der Waals surface area contributed by atoms with E-state index in [9.17, 15) is 8.42 Å². The Hall–Kier alpha value is -1.14. The van der Waals surface area contributed by atoms with Crippen molar-refractivity contribution in [3.63, 3.8) is 0 Å². The van der Waals surface area contributed by atoms with E-state index in [1.807, 2.05) is 13.8 Å². The third kappa shape index (κ3) is 2.90. The number of anilines is 1. The fourth-order valence-electron chi connectivity index (χ4n) is 2.46. The minimum atomic E-state index is -3.50. The van der Waals surface area contributed by atoms with Crippen LogP contribution in [-0.4, -0.2) is 36.8 Å². The van der Waals surface area contributed by atoms with Crippen LogP contribution < -0.4 is 5.32 Å². The first-order valence-corrected chi connectivity index (χ1v) is 8.22. The number of hydrogen-bond donors (Lipinski definition) is 1. The second kappa shape index (κ2) is 5.88. The van der Waals surface area contributed by atoms with Crippen molar-refractivity contribution >= 4 is 15.7 Å². The lowest BCUT2D eigenvalue weighted by Gasteiger charge is -2.32. The zero-order valence-corrected chi connectivity index (χ0v) is 12.3. The number of hydrogen-bond acceptors (Lipinski definition) is 4. The molecule has 1 aliphatic heterocycles. The maximum absolute atomic E-state index is 12.7. The molecule has 1 saturated heterocycles. The summed E-state index contributed by atoms with van der Waals surface area (Å²) in [6.07, 6.45) is 4.47. The van der Waals surface area contributed by atoms with Crippen LogP contribution in [0, 0.1) is 0 Å². The summed E-state index contributed by atoms with van der Waals surface area (Å²) in [5.41, 5.74) is 0.586. The SMILES string of the molecule is CCNc1cccnc1S(=O)(=O)N1CCCCC1C. The Morgan fingerprint density at radius 3 is 2.95 bits per heavy atom. The molecular formula is C13H21N3O2S. The zero-order valence-electron chi connectivity index (χ0n) is 11.5. The third-order valence-corrected chi connectivity index (χ3v) is 5.41. The second-order valence-electron chi connectivity index (χ2n) is 4.85. The van der Waals surface area contributed by atoms with Gasteiger partial charge in [0.15, 0.2) is 5.03 Å². The average Bonchev–Trinajstić information content (AvgIpc) is 2.40. The Morgan fingerprint density at radius 2 is 2.26 bits per heavy atom. The van der Waals surface area contributed by atoms with Crippen LogP contribution in [0.2, 0.25) is 0 Å². The molecule has 1 fully saturated rings. The number of aromatic nitrogens is 1. The summed E-state index contributed by atoms with van der Waals surface area (Å²) in [5, 5.41) is 3.21. The van der Waals surface area contributed by atoms with Gasteiger partial charge in [0.25, 0.3) is 10.0 Å². The van der Waals surface area contributed by atoms with Gasteiger partial charge in [0, 0.05) is 25.3 Å². The molecule has 106 valence electrons. The van der Waals surface area contributed by atoms with Crippen LogP contribution in [0.5, 0.6) is 0 Å². The largest absolute Gasteiger partial charge is 0.383 e. The van der Waals surface area contributed by atoms with E-state index in [0.29, 0.717) is 18.8 Å². The van der Waals surface area contributed by atoms with Crippen molar-refractivity contribution in [2.24, 2.45) is 0 Å². The Balaban J connectivity index is 2.38. The second-order valence-corrected chi connectivity index (χ2v) is 6.65. The molecule has 1 aliphatic rings. The molecule has 2 heterocycles. The Kier molecular flexibility index (Phi) is 4.42. The molecule has 19 heavy (non-hydrogen) atoms. The summed E-state index contributed by atoms with van der Waals surface area (Å²) < 4.78 is 27.0. The maximum Gasteiger partial charge on any atom is 0.262 e. The summed E-state index contributed by atoms with van der Waals surface area (Å²) in [6.45, 7) is 5.16. The van der Waals surface area contributed by atoms with Gasteiger partial charge in [-0.25, -0.2) is 13.4 Å². The summed E-state index contributed by atoms with van der Waals surface area (Å²) in [6, 6.07) is 3.56. The highest BCUT2D eigenvalue weighted by molar-refractivity contribution is 7.89. The van der Waals surface area contributed by atoms with Crippen molar-refractivity contribution < 1.29 is 8.42 Å². The summed E-state index contributed by atoms with van der Waals surface area (Å²) in [7, 11) is -3.50. The number of nitrogens with zero attached hydrogens (tertiary/aromatic N) is 2. The lowest BCUT2D eigenvalue weighted by atomic mass is 10.1. The van der Waals surface area contributed by atoms with Gasteiger partial charge in [0.05, 0.1) is 5.69 Å². The van der Waals surface area contributed by atoms with E-state index in [-0.39, 0.29) is 11.1 Å². The lowest BCUT2D eigenvalue weighted by molar-refractivity contribution is 0.268. The molecule has 0 amide bonds. The molecule has 0 bridgehead atoms. The minimum Gasteiger partial charge on any atom is -0.383 e. The van der Waals surface area contributed by atoms with Gasteiger partial charge in [-0.2, -0.15) is 4.31 Å². The van der Waals surface area contributed by atoms with Gasteiger partial charge in [-0.15, -0.1) is 0 Å². The average molecular weight is 283 g/mol. The van der Waals surface area contributed by atoms with Crippen LogP contribution in [-0.2, 0) is 10.0 Å². The molecule has 0 aromatic carbocycles. The number of sulfonamides is 1. The molecule has 1 aromatic rings. The maximum atomic E-state index is 12.7. The summed E-state index contributed by atoms with van der Waals surface area (Å²) in [5.74, 6) is 0. The van der Waals surface area contributed by atoms with E-state index in [1.54, 1.807) is 16.4 Å². The van der Waals surface area contributed by atoms with E-state index in [0.717, 1.165) is 19.3 Å². The van der Waals surface area contributed by atoms with Crippen LogP contribution in [0.25, 0.3) is 0 Å². The van der Waals surface area contributed by atoms with E-state index in [2.05, 4.69) is 10.3 Å². The Morgan fingerprint density at radius 1 is 1.47 bits per heavy atom. The van der Waals surface area contributed by atoms with Crippen molar-refractivity contribution in [2.75, 3.05) is 18.4 Å². The minimum absolute atomic E-state index is 0.0511. The monoisotopic (exact) mass is 283 g/mol.